The summed E-state index contributed by atoms with van der Waals surface area (Å²) in [7, 11) is 0. The molecule has 0 atom stereocenters. The molecule has 0 aliphatic rings. The second kappa shape index (κ2) is 18.9. The molecule has 9 heteroatoms. The quantitative estimate of drug-likeness (QED) is 0.0975. The number of ether oxygens (including phenoxy) is 4. The Kier molecular flexibility index (Phi) is 15.6. The molecule has 0 N–H and O–H groups in total. The maximum atomic E-state index is 13.1. The van der Waals surface area contributed by atoms with Crippen LogP contribution in [-0.4, -0.2) is 23.9 Å². The summed E-state index contributed by atoms with van der Waals surface area (Å²) in [5.74, 6) is -3.08. The molecule has 0 unspecified atom stereocenters. The third-order valence-corrected chi connectivity index (χ3v) is 6.56. The van der Waals surface area contributed by atoms with Gasteiger partial charge in [0.25, 0.3) is 0 Å². The van der Waals surface area contributed by atoms with Gasteiger partial charge < -0.3 is 18.9 Å². The van der Waals surface area contributed by atoms with Crippen LogP contribution in [0, 0.1) is 0 Å². The average Bonchev–Trinajstić information content (AvgIpc) is 2.94. The molecular weight excluding hydrogens is 548 g/mol. The summed E-state index contributed by atoms with van der Waals surface area (Å²) in [6.07, 6.45) is 7.48. The predicted molar refractivity (Wildman–Crippen MR) is 156 cm³/mol. The first-order chi connectivity index (χ1) is 19.8. The Hall–Kier alpha value is -3.39. The SMILES string of the molecule is CCCCCC(=O)Oc1cc(C(=O)OCc2ccccc2Cl)cc(OC(=O)CCCCC)c1OC(=O)CCCCC. The van der Waals surface area contributed by atoms with Crippen molar-refractivity contribution in [2.45, 2.75) is 104 Å². The molecule has 0 radical (unpaired) electrons. The number of esters is 4. The van der Waals surface area contributed by atoms with Gasteiger partial charge in [0.2, 0.25) is 5.75 Å². The lowest BCUT2D eigenvalue weighted by molar-refractivity contribution is -0.138. The van der Waals surface area contributed by atoms with Gasteiger partial charge in [0.15, 0.2) is 11.5 Å². The van der Waals surface area contributed by atoms with Crippen molar-refractivity contribution >= 4 is 35.5 Å². The molecule has 2 aromatic rings. The average molecular weight is 589 g/mol. The van der Waals surface area contributed by atoms with Gasteiger partial charge in [0.1, 0.15) is 6.61 Å². The van der Waals surface area contributed by atoms with Crippen LogP contribution in [0.5, 0.6) is 17.2 Å². The van der Waals surface area contributed by atoms with E-state index in [0.717, 1.165) is 38.5 Å². The first kappa shape index (κ1) is 33.8. The van der Waals surface area contributed by atoms with E-state index in [0.29, 0.717) is 29.8 Å². The van der Waals surface area contributed by atoms with Crippen LogP contribution in [0.1, 0.15) is 114 Å². The summed E-state index contributed by atoms with van der Waals surface area (Å²) in [6.45, 7) is 5.94. The van der Waals surface area contributed by atoms with E-state index in [2.05, 4.69) is 0 Å². The fraction of sp³-hybridized carbons (Fsp3) is 0.500. The van der Waals surface area contributed by atoms with Gasteiger partial charge >= 0.3 is 23.9 Å². The van der Waals surface area contributed by atoms with Gasteiger partial charge in [-0.05, 0) is 37.5 Å². The first-order valence-corrected chi connectivity index (χ1v) is 14.9. The minimum atomic E-state index is -0.766. The molecule has 0 spiro atoms. The third-order valence-electron chi connectivity index (χ3n) is 6.19. The smallest absolute Gasteiger partial charge is 0.338 e. The van der Waals surface area contributed by atoms with Gasteiger partial charge in [-0.1, -0.05) is 89.1 Å². The Morgan fingerprint density at radius 1 is 0.659 bits per heavy atom. The van der Waals surface area contributed by atoms with Crippen molar-refractivity contribution < 1.29 is 38.1 Å². The zero-order valence-corrected chi connectivity index (χ0v) is 25.1. The second-order valence-electron chi connectivity index (χ2n) is 9.76. The molecule has 0 fully saturated rings. The Morgan fingerprint density at radius 2 is 1.12 bits per heavy atom. The third kappa shape index (κ3) is 12.3. The molecule has 2 aromatic carbocycles. The number of halogens is 1. The van der Waals surface area contributed by atoms with E-state index in [-0.39, 0.29) is 48.7 Å². The topological polar surface area (TPSA) is 105 Å². The Bertz CT molecular complexity index is 1120. The molecule has 0 heterocycles. The Balaban J connectivity index is 2.43. The van der Waals surface area contributed by atoms with Gasteiger partial charge in [-0.15, -0.1) is 0 Å². The van der Waals surface area contributed by atoms with Gasteiger partial charge in [-0.2, -0.15) is 0 Å². The molecule has 0 aromatic heterocycles. The largest absolute Gasteiger partial charge is 0.457 e. The van der Waals surface area contributed by atoms with Crippen LogP contribution in [0.15, 0.2) is 36.4 Å². The Morgan fingerprint density at radius 3 is 1.59 bits per heavy atom. The molecule has 41 heavy (non-hydrogen) atoms. The zero-order valence-electron chi connectivity index (χ0n) is 24.3. The summed E-state index contributed by atoms with van der Waals surface area (Å²) in [5, 5.41) is 0.439. The van der Waals surface area contributed by atoms with Crippen molar-refractivity contribution in [1.82, 2.24) is 0 Å². The van der Waals surface area contributed by atoms with Crippen molar-refractivity contribution in [2.24, 2.45) is 0 Å². The van der Waals surface area contributed by atoms with E-state index < -0.39 is 23.9 Å². The number of unbranched alkanes of at least 4 members (excludes halogenated alkanes) is 6. The van der Waals surface area contributed by atoms with Crippen molar-refractivity contribution in [1.29, 1.82) is 0 Å². The molecule has 0 saturated heterocycles. The highest BCUT2D eigenvalue weighted by Crippen LogP contribution is 2.40. The standard InChI is InChI=1S/C32H41ClO8/c1-4-7-10-17-28(34)39-26-20-24(32(37)38-22-23-15-13-14-16-25(23)33)21-27(40-29(35)18-11-8-5-2)31(26)41-30(36)19-12-9-6-3/h13-16,20-21H,4-12,17-19,22H2,1-3H3. The summed E-state index contributed by atoms with van der Waals surface area (Å²) in [4.78, 5) is 51.1. The fourth-order valence-electron chi connectivity index (χ4n) is 3.86. The number of hydrogen-bond donors (Lipinski definition) is 0. The van der Waals surface area contributed by atoms with Crippen LogP contribution in [0.4, 0.5) is 0 Å². The highest BCUT2D eigenvalue weighted by molar-refractivity contribution is 6.31. The highest BCUT2D eigenvalue weighted by Gasteiger charge is 2.25. The van der Waals surface area contributed by atoms with Crippen LogP contribution in [0.2, 0.25) is 5.02 Å². The molecule has 0 bridgehead atoms. The monoisotopic (exact) mass is 588 g/mol. The van der Waals surface area contributed by atoms with Crippen molar-refractivity contribution in [3.05, 3.63) is 52.5 Å². The summed E-state index contributed by atoms with van der Waals surface area (Å²) in [6, 6.07) is 9.46. The molecule has 0 aliphatic heterocycles. The number of hydrogen-bond acceptors (Lipinski definition) is 8. The maximum Gasteiger partial charge on any atom is 0.338 e. The predicted octanol–water partition coefficient (Wildman–Crippen LogP) is 8.15. The van der Waals surface area contributed by atoms with Gasteiger partial charge in [-0.25, -0.2) is 4.79 Å². The van der Waals surface area contributed by atoms with Crippen molar-refractivity contribution in [2.75, 3.05) is 0 Å². The highest BCUT2D eigenvalue weighted by atomic mass is 35.5. The molecule has 2 rings (SSSR count). The molecule has 224 valence electrons. The summed E-state index contributed by atoms with van der Waals surface area (Å²) < 4.78 is 22.2. The van der Waals surface area contributed by atoms with E-state index >= 15 is 0 Å². The first-order valence-electron chi connectivity index (χ1n) is 14.5. The van der Waals surface area contributed by atoms with Crippen LogP contribution in [0.3, 0.4) is 0 Å². The van der Waals surface area contributed by atoms with Crippen LogP contribution in [-0.2, 0) is 25.7 Å². The summed E-state index contributed by atoms with van der Waals surface area (Å²) >= 11 is 6.18. The maximum absolute atomic E-state index is 13.1. The van der Waals surface area contributed by atoms with Crippen LogP contribution in [0.25, 0.3) is 0 Å². The number of carbonyl (C=O) groups excluding carboxylic acids is 4. The minimum Gasteiger partial charge on any atom is -0.457 e. The molecule has 0 aliphatic carbocycles. The second-order valence-corrected chi connectivity index (χ2v) is 10.2. The minimum absolute atomic E-state index is 0.0458. The number of rotatable bonds is 18. The normalized spacial score (nSPS) is 10.6. The van der Waals surface area contributed by atoms with E-state index in [1.807, 2.05) is 20.8 Å². The number of benzene rings is 2. The molecular formula is C32H41ClO8. The van der Waals surface area contributed by atoms with E-state index in [1.54, 1.807) is 24.3 Å². The Labute approximate surface area is 247 Å². The lowest BCUT2D eigenvalue weighted by Gasteiger charge is -2.16. The van der Waals surface area contributed by atoms with Crippen molar-refractivity contribution in [3.63, 3.8) is 0 Å². The van der Waals surface area contributed by atoms with Crippen molar-refractivity contribution in [3.8, 4) is 17.2 Å². The van der Waals surface area contributed by atoms with Gasteiger partial charge in [0, 0.05) is 29.8 Å². The van der Waals surface area contributed by atoms with E-state index in [1.165, 1.54) is 12.1 Å². The van der Waals surface area contributed by atoms with E-state index in [4.69, 9.17) is 30.5 Å². The zero-order chi connectivity index (χ0) is 30.0. The van der Waals surface area contributed by atoms with E-state index in [9.17, 15) is 19.2 Å². The lowest BCUT2D eigenvalue weighted by atomic mass is 10.1. The van der Waals surface area contributed by atoms with Crippen LogP contribution >= 0.6 is 11.6 Å². The summed E-state index contributed by atoms with van der Waals surface area (Å²) in [5.41, 5.74) is 0.556. The van der Waals surface area contributed by atoms with Gasteiger partial charge in [0.05, 0.1) is 5.56 Å². The molecule has 8 nitrogen and oxygen atoms in total. The van der Waals surface area contributed by atoms with Crippen LogP contribution < -0.4 is 14.2 Å². The fourth-order valence-corrected chi connectivity index (χ4v) is 4.05. The molecule has 0 saturated carbocycles. The lowest BCUT2D eigenvalue weighted by Crippen LogP contribution is -2.16. The molecule has 0 amide bonds. The van der Waals surface area contributed by atoms with Gasteiger partial charge in [-0.3, -0.25) is 14.4 Å². The number of carbonyl (C=O) groups is 4.